The minimum atomic E-state index is -0.294. The Balaban J connectivity index is 1.60. The summed E-state index contributed by atoms with van der Waals surface area (Å²) < 4.78 is 19.8. The Bertz CT molecular complexity index is 1050. The van der Waals surface area contributed by atoms with Crippen molar-refractivity contribution in [1.82, 2.24) is 9.88 Å². The molecule has 0 radical (unpaired) electrons. The number of amides is 1. The van der Waals surface area contributed by atoms with Gasteiger partial charge in [-0.25, -0.2) is 9.37 Å². The highest BCUT2D eigenvalue weighted by molar-refractivity contribution is 7.22. The number of morpholine rings is 1. The third kappa shape index (κ3) is 4.69. The van der Waals surface area contributed by atoms with E-state index in [4.69, 9.17) is 4.74 Å². The minimum absolute atomic E-state index is 0.0577. The summed E-state index contributed by atoms with van der Waals surface area (Å²) in [6.45, 7) is 8.76. The maximum absolute atomic E-state index is 13.7. The molecular weight excluding hydrogens is 401 g/mol. The van der Waals surface area contributed by atoms with Gasteiger partial charge in [-0.05, 0) is 50.1 Å². The molecule has 2 aromatic carbocycles. The van der Waals surface area contributed by atoms with E-state index in [0.717, 1.165) is 55.1 Å². The quantitative estimate of drug-likeness (QED) is 0.584. The molecule has 5 nitrogen and oxygen atoms in total. The van der Waals surface area contributed by atoms with Crippen molar-refractivity contribution in [2.75, 3.05) is 44.3 Å². The van der Waals surface area contributed by atoms with Crippen LogP contribution in [-0.4, -0.2) is 55.2 Å². The van der Waals surface area contributed by atoms with E-state index in [2.05, 4.69) is 9.88 Å². The van der Waals surface area contributed by atoms with Gasteiger partial charge in [0.2, 0.25) is 0 Å². The second-order valence-corrected chi connectivity index (χ2v) is 8.70. The molecule has 2 heterocycles. The number of anilines is 1. The fourth-order valence-corrected chi connectivity index (χ4v) is 4.69. The minimum Gasteiger partial charge on any atom is -0.379 e. The zero-order valence-electron chi connectivity index (χ0n) is 17.4. The number of carbonyl (C=O) groups excluding carboxylic acids is 1. The SMILES string of the molecule is Cc1ccc(C)c(C(=O)N(CCCN2CCOCC2)c2nc3ccc(F)cc3s2)c1. The second kappa shape index (κ2) is 9.20. The van der Waals surface area contributed by atoms with E-state index in [0.29, 0.717) is 22.8 Å². The molecule has 0 unspecified atom stereocenters. The molecule has 7 heteroatoms. The monoisotopic (exact) mass is 427 g/mol. The van der Waals surface area contributed by atoms with Crippen LogP contribution in [0.2, 0.25) is 0 Å². The van der Waals surface area contributed by atoms with E-state index in [1.54, 1.807) is 11.0 Å². The van der Waals surface area contributed by atoms with Gasteiger partial charge in [0, 0.05) is 31.7 Å². The number of thiazole rings is 1. The smallest absolute Gasteiger partial charge is 0.260 e. The van der Waals surface area contributed by atoms with Crippen LogP contribution in [-0.2, 0) is 4.74 Å². The van der Waals surface area contributed by atoms with Crippen molar-refractivity contribution in [3.05, 3.63) is 58.9 Å². The van der Waals surface area contributed by atoms with Crippen LogP contribution in [0.25, 0.3) is 10.2 Å². The summed E-state index contributed by atoms with van der Waals surface area (Å²) in [4.78, 5) is 22.3. The number of hydrogen-bond acceptors (Lipinski definition) is 5. The molecule has 0 saturated carbocycles. The summed E-state index contributed by atoms with van der Waals surface area (Å²) in [6, 6.07) is 10.5. The number of fused-ring (bicyclic) bond motifs is 1. The molecule has 1 aliphatic rings. The molecule has 0 spiro atoms. The van der Waals surface area contributed by atoms with Crippen LogP contribution in [0.3, 0.4) is 0 Å². The van der Waals surface area contributed by atoms with E-state index in [-0.39, 0.29) is 11.7 Å². The van der Waals surface area contributed by atoms with E-state index in [1.807, 2.05) is 32.0 Å². The van der Waals surface area contributed by atoms with Crippen molar-refractivity contribution in [3.8, 4) is 0 Å². The molecular formula is C23H26FN3O2S. The molecule has 30 heavy (non-hydrogen) atoms. The van der Waals surface area contributed by atoms with Crippen LogP contribution >= 0.6 is 11.3 Å². The Morgan fingerprint density at radius 3 is 2.80 bits per heavy atom. The molecule has 1 aliphatic heterocycles. The van der Waals surface area contributed by atoms with Gasteiger partial charge in [-0.2, -0.15) is 0 Å². The van der Waals surface area contributed by atoms with Crippen molar-refractivity contribution in [3.63, 3.8) is 0 Å². The summed E-state index contributed by atoms with van der Waals surface area (Å²) in [7, 11) is 0. The van der Waals surface area contributed by atoms with Crippen LogP contribution in [0.4, 0.5) is 9.52 Å². The third-order valence-corrected chi connectivity index (χ3v) is 6.44. The van der Waals surface area contributed by atoms with Crippen molar-refractivity contribution >= 4 is 32.6 Å². The van der Waals surface area contributed by atoms with Gasteiger partial charge in [0.15, 0.2) is 5.13 Å². The van der Waals surface area contributed by atoms with Crippen LogP contribution in [0, 0.1) is 19.7 Å². The predicted octanol–water partition coefficient (Wildman–Crippen LogP) is 4.42. The van der Waals surface area contributed by atoms with Crippen molar-refractivity contribution in [2.45, 2.75) is 20.3 Å². The highest BCUT2D eigenvalue weighted by Crippen LogP contribution is 2.31. The topological polar surface area (TPSA) is 45.7 Å². The number of carbonyl (C=O) groups is 1. The largest absolute Gasteiger partial charge is 0.379 e. The summed E-state index contributed by atoms with van der Waals surface area (Å²) >= 11 is 1.36. The number of rotatable bonds is 6. The number of aryl methyl sites for hydroxylation is 2. The average molecular weight is 428 g/mol. The van der Waals surface area contributed by atoms with Crippen LogP contribution in [0.1, 0.15) is 27.9 Å². The molecule has 0 N–H and O–H groups in total. The normalized spacial score (nSPS) is 14.9. The predicted molar refractivity (Wildman–Crippen MR) is 119 cm³/mol. The highest BCUT2D eigenvalue weighted by atomic mass is 32.1. The average Bonchev–Trinajstić information content (AvgIpc) is 3.16. The summed E-state index contributed by atoms with van der Waals surface area (Å²) in [6.07, 6.45) is 0.834. The van der Waals surface area contributed by atoms with Crippen molar-refractivity contribution in [2.24, 2.45) is 0 Å². The molecule has 0 bridgehead atoms. The summed E-state index contributed by atoms with van der Waals surface area (Å²) in [5.74, 6) is -0.352. The van der Waals surface area contributed by atoms with Gasteiger partial charge in [0.05, 0.1) is 23.4 Å². The summed E-state index contributed by atoms with van der Waals surface area (Å²) in [5, 5.41) is 0.614. The van der Waals surface area contributed by atoms with Crippen LogP contribution in [0.15, 0.2) is 36.4 Å². The molecule has 158 valence electrons. The molecule has 0 atom stereocenters. The number of nitrogens with zero attached hydrogens (tertiary/aromatic N) is 3. The Kier molecular flexibility index (Phi) is 6.41. The molecule has 1 amide bonds. The maximum Gasteiger partial charge on any atom is 0.260 e. The van der Waals surface area contributed by atoms with E-state index < -0.39 is 0 Å². The van der Waals surface area contributed by atoms with Crippen molar-refractivity contribution < 1.29 is 13.9 Å². The molecule has 3 aromatic rings. The maximum atomic E-state index is 13.7. The van der Waals surface area contributed by atoms with Gasteiger partial charge in [-0.1, -0.05) is 29.0 Å². The zero-order chi connectivity index (χ0) is 21.1. The second-order valence-electron chi connectivity index (χ2n) is 7.69. The van der Waals surface area contributed by atoms with Gasteiger partial charge in [-0.15, -0.1) is 0 Å². The van der Waals surface area contributed by atoms with Crippen LogP contribution < -0.4 is 4.90 Å². The number of halogens is 1. The van der Waals surface area contributed by atoms with Gasteiger partial charge in [-0.3, -0.25) is 14.6 Å². The van der Waals surface area contributed by atoms with Crippen molar-refractivity contribution in [1.29, 1.82) is 0 Å². The van der Waals surface area contributed by atoms with E-state index in [1.165, 1.54) is 23.5 Å². The number of benzene rings is 2. The fourth-order valence-electron chi connectivity index (χ4n) is 3.67. The first-order valence-corrected chi connectivity index (χ1v) is 11.1. The lowest BCUT2D eigenvalue weighted by atomic mass is 10.0. The molecule has 1 fully saturated rings. The molecule has 1 saturated heterocycles. The molecule has 0 aliphatic carbocycles. The Labute approximate surface area is 180 Å². The number of ether oxygens (including phenoxy) is 1. The third-order valence-electron chi connectivity index (χ3n) is 5.40. The first-order valence-electron chi connectivity index (χ1n) is 10.3. The summed E-state index contributed by atoms with van der Waals surface area (Å²) in [5.41, 5.74) is 3.38. The van der Waals surface area contributed by atoms with E-state index in [9.17, 15) is 9.18 Å². The Hall–Kier alpha value is -2.35. The number of hydrogen-bond donors (Lipinski definition) is 0. The number of aromatic nitrogens is 1. The Morgan fingerprint density at radius 2 is 2.00 bits per heavy atom. The first-order chi connectivity index (χ1) is 14.5. The van der Waals surface area contributed by atoms with E-state index >= 15 is 0 Å². The molecule has 4 rings (SSSR count). The van der Waals surface area contributed by atoms with Gasteiger partial charge >= 0.3 is 0 Å². The van der Waals surface area contributed by atoms with Gasteiger partial charge < -0.3 is 4.74 Å². The lowest BCUT2D eigenvalue weighted by Crippen LogP contribution is -2.39. The standard InChI is InChI=1S/C23H26FN3O2S/c1-16-4-5-17(2)19(14-16)22(28)27(9-3-8-26-10-12-29-13-11-26)23-25-20-7-6-18(24)15-21(20)30-23/h4-7,14-15H,3,8-13H2,1-2H3. The first kappa shape index (κ1) is 20.9. The van der Waals surface area contributed by atoms with Gasteiger partial charge in [0.1, 0.15) is 5.82 Å². The van der Waals surface area contributed by atoms with Gasteiger partial charge in [0.25, 0.3) is 5.91 Å². The molecule has 1 aromatic heterocycles. The zero-order valence-corrected chi connectivity index (χ0v) is 18.2. The lowest BCUT2D eigenvalue weighted by Gasteiger charge is -2.28. The highest BCUT2D eigenvalue weighted by Gasteiger charge is 2.23. The fraction of sp³-hybridized carbons (Fsp3) is 0.391. The Morgan fingerprint density at radius 1 is 1.20 bits per heavy atom. The van der Waals surface area contributed by atoms with Crippen LogP contribution in [0.5, 0.6) is 0 Å². The lowest BCUT2D eigenvalue weighted by molar-refractivity contribution is 0.0376.